The molecule has 16 rings (SSSR count). The number of alkyl halides is 9. The third-order valence-electron chi connectivity index (χ3n) is 18.7. The summed E-state index contributed by atoms with van der Waals surface area (Å²) in [5, 5.41) is 18.0. The Hall–Kier alpha value is -12.3. The van der Waals surface area contributed by atoms with E-state index >= 15 is 13.2 Å². The summed E-state index contributed by atoms with van der Waals surface area (Å²) in [6, 6.07) is 67.7. The summed E-state index contributed by atoms with van der Waals surface area (Å²) in [4.78, 5) is 6.84. The minimum atomic E-state index is -5.03. The Morgan fingerprint density at radius 1 is 0.327 bits per heavy atom. The molecule has 12 aromatic carbocycles. The summed E-state index contributed by atoms with van der Waals surface area (Å²) < 4.78 is 142. The van der Waals surface area contributed by atoms with Crippen LogP contribution in [0, 0.1) is 52.2 Å². The highest BCUT2D eigenvalue weighted by molar-refractivity contribution is 6.16. The van der Waals surface area contributed by atoms with Gasteiger partial charge in [0.2, 0.25) is 0 Å². The van der Waals surface area contributed by atoms with Crippen molar-refractivity contribution in [1.82, 2.24) is 18.3 Å². The van der Waals surface area contributed by atoms with Crippen molar-refractivity contribution in [3.05, 3.63) is 298 Å². The van der Waals surface area contributed by atoms with Crippen molar-refractivity contribution in [1.29, 1.82) is 5.26 Å². The number of hydrogen-bond donors (Lipinski definition) is 0. The van der Waals surface area contributed by atoms with Crippen LogP contribution in [0.25, 0.3) is 142 Å². The summed E-state index contributed by atoms with van der Waals surface area (Å²) in [7, 11) is 0. The number of fused-ring (bicyclic) bond motifs is 12. The van der Waals surface area contributed by atoms with Crippen LogP contribution < -0.4 is 0 Å². The van der Waals surface area contributed by atoms with Crippen LogP contribution in [0.2, 0.25) is 0 Å². The summed E-state index contributed by atoms with van der Waals surface area (Å²) in [5.41, 5.74) is 5.60. The van der Waals surface area contributed by atoms with Gasteiger partial charge < -0.3 is 18.3 Å². The first-order chi connectivity index (χ1) is 47.1. The first-order valence-corrected chi connectivity index (χ1v) is 31.1. The summed E-state index contributed by atoms with van der Waals surface area (Å²) in [6.07, 6.45) is -14.7. The lowest BCUT2D eigenvalue weighted by molar-refractivity contribution is -0.138. The van der Waals surface area contributed by atoms with Crippen LogP contribution in [0.15, 0.2) is 231 Å². The molecule has 0 radical (unpaired) electrons. The molecule has 0 bridgehead atoms. The molecule has 0 aliphatic rings. The number of para-hydroxylation sites is 4. The van der Waals surface area contributed by atoms with E-state index in [0.717, 1.165) is 112 Å². The molecule has 4 aromatic heterocycles. The molecule has 16 heteroatoms. The molecule has 4 heterocycles. The van der Waals surface area contributed by atoms with Crippen molar-refractivity contribution < 1.29 is 39.5 Å². The Balaban J connectivity index is 0.000000160. The van der Waals surface area contributed by atoms with Gasteiger partial charge in [-0.1, -0.05) is 158 Å². The van der Waals surface area contributed by atoms with E-state index in [-0.39, 0.29) is 39.3 Å². The Morgan fingerprint density at radius 2 is 0.622 bits per heavy atom. The Labute approximate surface area is 554 Å². The molecular formula is C82H50F9N7. The average Bonchev–Trinajstić information content (AvgIpc) is 1.53. The van der Waals surface area contributed by atoms with Gasteiger partial charge in [0.15, 0.2) is 11.4 Å². The molecule has 7 nitrogen and oxygen atoms in total. The van der Waals surface area contributed by atoms with Crippen molar-refractivity contribution in [3.8, 4) is 51.1 Å². The molecule has 0 N–H and O–H groups in total. The molecule has 0 unspecified atom stereocenters. The highest BCUT2D eigenvalue weighted by Crippen LogP contribution is 2.52. The fourth-order valence-electron chi connectivity index (χ4n) is 14.8. The van der Waals surface area contributed by atoms with E-state index in [1.54, 1.807) is 63.7 Å². The lowest BCUT2D eigenvalue weighted by Crippen LogP contribution is -2.15. The normalized spacial score (nSPS) is 12.1. The van der Waals surface area contributed by atoms with E-state index in [9.17, 15) is 31.6 Å². The molecule has 0 aliphatic heterocycles. The van der Waals surface area contributed by atoms with Gasteiger partial charge in [-0.15, -0.1) is 0 Å². The van der Waals surface area contributed by atoms with E-state index in [4.69, 9.17) is 13.1 Å². The minimum absolute atomic E-state index is 0.0173. The predicted octanol–water partition coefficient (Wildman–Crippen LogP) is 24.4. The third-order valence-corrected chi connectivity index (χ3v) is 18.7. The van der Waals surface area contributed by atoms with Crippen LogP contribution in [-0.2, 0) is 18.5 Å². The Bertz CT molecular complexity index is 6190. The number of benzene rings is 12. The maximum atomic E-state index is 15.7. The Kier molecular flexibility index (Phi) is 14.5. The zero-order chi connectivity index (χ0) is 68.4. The number of nitriles is 1. The minimum Gasteiger partial charge on any atom is -0.307 e. The van der Waals surface area contributed by atoms with Crippen LogP contribution in [0.1, 0.15) is 44.5 Å². The maximum Gasteiger partial charge on any atom is 0.418 e. The molecule has 0 aliphatic carbocycles. The van der Waals surface area contributed by atoms with Crippen molar-refractivity contribution in [2.24, 2.45) is 0 Å². The fourth-order valence-corrected chi connectivity index (χ4v) is 14.8. The van der Waals surface area contributed by atoms with Crippen molar-refractivity contribution in [3.63, 3.8) is 0 Å². The highest BCUT2D eigenvalue weighted by Gasteiger charge is 2.41. The Morgan fingerprint density at radius 3 is 0.969 bits per heavy atom. The zero-order valence-corrected chi connectivity index (χ0v) is 52.5. The monoisotopic (exact) mass is 1300 g/mol. The standard InChI is InChI=1S/C41H25F6N3.C41H25F3N4/c1-23-11-8-19-33-36(23)26-13-4-6-17-31(26)49(33)35-22-25(38-28(40(42,43)44)15-10-16-30(38)48-3)21-29(41(45,46)47)39(35)50-32-18-7-5-14-27(32)37-24(2)12-9-20-34(37)50;1-24-11-8-19-34-37(24)28-13-4-6-17-32(28)47(34)36-22-26(39-30(41(42,43)44)15-10-16-31(39)46-3)21-27(23-45)40(36)48-33-18-7-5-14-29(33)38-25(2)12-9-20-35(38)48/h4-22H,1-2H3;4-22H,1-2H3. The van der Waals surface area contributed by atoms with Crippen LogP contribution in [0.3, 0.4) is 0 Å². The van der Waals surface area contributed by atoms with Gasteiger partial charge in [0.25, 0.3) is 0 Å². The van der Waals surface area contributed by atoms with Gasteiger partial charge in [-0.25, -0.2) is 9.69 Å². The van der Waals surface area contributed by atoms with Gasteiger partial charge in [-0.2, -0.15) is 44.8 Å². The van der Waals surface area contributed by atoms with Gasteiger partial charge in [0.1, 0.15) is 6.07 Å². The second kappa shape index (κ2) is 23.0. The van der Waals surface area contributed by atoms with Gasteiger partial charge in [-0.3, -0.25) is 0 Å². The molecular weight excluding hydrogens is 1250 g/mol. The lowest BCUT2D eigenvalue weighted by atomic mass is 9.93. The van der Waals surface area contributed by atoms with Gasteiger partial charge in [0.05, 0.1) is 102 Å². The summed E-state index contributed by atoms with van der Waals surface area (Å²) in [5.74, 6) is 0. The second-order valence-corrected chi connectivity index (χ2v) is 24.3. The number of aryl methyl sites for hydroxylation is 4. The predicted molar refractivity (Wildman–Crippen MR) is 372 cm³/mol. The molecule has 0 spiro atoms. The first-order valence-electron chi connectivity index (χ1n) is 31.1. The zero-order valence-electron chi connectivity index (χ0n) is 52.5. The molecule has 0 saturated heterocycles. The molecule has 0 fully saturated rings. The van der Waals surface area contributed by atoms with Gasteiger partial charge in [-0.05, 0) is 145 Å². The van der Waals surface area contributed by atoms with Crippen LogP contribution in [0.5, 0.6) is 0 Å². The maximum absolute atomic E-state index is 15.7. The lowest BCUT2D eigenvalue weighted by Gasteiger charge is -2.24. The summed E-state index contributed by atoms with van der Waals surface area (Å²) in [6.45, 7) is 23.4. The number of nitrogens with zero attached hydrogens (tertiary/aromatic N) is 7. The topological polar surface area (TPSA) is 52.2 Å². The fraction of sp³-hybridized carbons (Fsp3) is 0.0854. The second-order valence-electron chi connectivity index (χ2n) is 24.3. The highest BCUT2D eigenvalue weighted by atomic mass is 19.4. The molecule has 0 atom stereocenters. The van der Waals surface area contributed by atoms with Gasteiger partial charge in [0, 0.05) is 43.1 Å². The third kappa shape index (κ3) is 9.63. The number of rotatable bonds is 6. The van der Waals surface area contributed by atoms with E-state index in [0.29, 0.717) is 33.4 Å². The average molecular weight is 1300 g/mol. The van der Waals surface area contributed by atoms with E-state index in [1.165, 1.54) is 30.3 Å². The van der Waals surface area contributed by atoms with Crippen molar-refractivity contribution in [2.75, 3.05) is 0 Å². The molecule has 98 heavy (non-hydrogen) atoms. The van der Waals surface area contributed by atoms with E-state index in [2.05, 4.69) is 20.3 Å². The largest absolute Gasteiger partial charge is 0.418 e. The quantitative estimate of drug-likeness (QED) is 0.121. The molecule has 0 amide bonds. The molecule has 16 aromatic rings. The van der Waals surface area contributed by atoms with Crippen molar-refractivity contribution in [2.45, 2.75) is 46.2 Å². The van der Waals surface area contributed by atoms with Crippen LogP contribution >= 0.6 is 0 Å². The number of halogens is 9. The molecule has 0 saturated carbocycles. The van der Waals surface area contributed by atoms with Gasteiger partial charge >= 0.3 is 18.5 Å². The van der Waals surface area contributed by atoms with Crippen LogP contribution in [-0.4, -0.2) is 18.3 Å². The summed E-state index contributed by atoms with van der Waals surface area (Å²) >= 11 is 0. The number of aromatic nitrogens is 4. The van der Waals surface area contributed by atoms with Crippen molar-refractivity contribution >= 4 is 98.6 Å². The van der Waals surface area contributed by atoms with E-state index < -0.39 is 46.5 Å². The first kappa shape index (κ1) is 61.8. The SMILES string of the molecule is [C-]#[N+]c1cccc(C(F)(F)F)c1-c1cc(-n2c3ccccc3c3c(C)cccc32)c(-n2c3ccccc3c3c(C)cccc32)c(C(F)(F)F)c1.[C-]#[N+]c1cccc(C(F)(F)F)c1-c1cc(C#N)c(-n2c3ccccc3c3c(C)cccc32)c(-n2c3ccccc3c3c(C)cccc32)c1. The van der Waals surface area contributed by atoms with E-state index in [1.807, 2.05) is 154 Å². The molecule has 476 valence electrons. The smallest absolute Gasteiger partial charge is 0.307 e. The number of hydrogen-bond acceptors (Lipinski definition) is 1. The van der Waals surface area contributed by atoms with Crippen LogP contribution in [0.4, 0.5) is 50.9 Å².